The number of hydrogen-bond acceptors (Lipinski definition) is 4. The van der Waals surface area contributed by atoms with Gasteiger partial charge in [-0.15, -0.1) is 11.3 Å². The molecule has 3 rings (SSSR count). The number of carbonyl (C=O) groups is 1. The molecule has 0 aliphatic rings. The van der Waals surface area contributed by atoms with Crippen molar-refractivity contribution in [3.63, 3.8) is 0 Å². The first-order chi connectivity index (χ1) is 12.6. The van der Waals surface area contributed by atoms with E-state index in [1.54, 1.807) is 6.92 Å². The Bertz CT molecular complexity index is 1090. The number of nitrogens with zero attached hydrogens (tertiary/aromatic N) is 2. The van der Waals surface area contributed by atoms with Crippen LogP contribution in [0.3, 0.4) is 0 Å². The summed E-state index contributed by atoms with van der Waals surface area (Å²) in [5.41, 5.74) is -0.909. The molecule has 0 radical (unpaired) electrons. The molecule has 9 heteroatoms. The molecule has 3 aromatic rings. The number of rotatable bonds is 3. The van der Waals surface area contributed by atoms with E-state index in [0.717, 1.165) is 21.1 Å². The third-order valence-electron chi connectivity index (χ3n) is 4.40. The van der Waals surface area contributed by atoms with Crippen LogP contribution in [0.15, 0.2) is 35.4 Å². The van der Waals surface area contributed by atoms with Gasteiger partial charge in [0.25, 0.3) is 5.56 Å². The second kappa shape index (κ2) is 6.80. The third kappa shape index (κ3) is 3.46. The summed E-state index contributed by atoms with van der Waals surface area (Å²) in [5.74, 6) is -0.737. The molecule has 0 fully saturated rings. The highest BCUT2D eigenvalue weighted by atomic mass is 32.1. The molecule has 0 aliphatic heterocycles. The van der Waals surface area contributed by atoms with Crippen LogP contribution in [0.2, 0.25) is 0 Å². The first-order valence-corrected chi connectivity index (χ1v) is 8.87. The van der Waals surface area contributed by atoms with E-state index in [2.05, 4.69) is 10.3 Å². The lowest BCUT2D eigenvalue weighted by molar-refractivity contribution is -0.137. The van der Waals surface area contributed by atoms with Gasteiger partial charge in [-0.25, -0.2) is 4.98 Å². The number of amides is 1. The Balaban J connectivity index is 1.96. The van der Waals surface area contributed by atoms with Crippen molar-refractivity contribution >= 4 is 33.1 Å². The molecule has 1 aromatic carbocycles. The molecule has 0 saturated heterocycles. The van der Waals surface area contributed by atoms with Crippen LogP contribution in [0, 0.1) is 13.8 Å². The lowest BCUT2D eigenvalue weighted by atomic mass is 10.1. The van der Waals surface area contributed by atoms with Gasteiger partial charge in [-0.2, -0.15) is 13.2 Å². The molecular weight excluding hydrogens is 379 g/mol. The minimum absolute atomic E-state index is 0.355. The maximum absolute atomic E-state index is 13.1. The number of aryl methyl sites for hydroxylation is 2. The van der Waals surface area contributed by atoms with Crippen LogP contribution in [0.25, 0.3) is 10.2 Å². The van der Waals surface area contributed by atoms with Gasteiger partial charge in [-0.05, 0) is 38.5 Å². The Labute approximate surface area is 156 Å². The van der Waals surface area contributed by atoms with E-state index < -0.39 is 29.2 Å². The molecule has 0 bridgehead atoms. The minimum Gasteiger partial charge on any atom is -0.324 e. The highest BCUT2D eigenvalue weighted by Gasteiger charge is 2.34. The SMILES string of the molecule is Cc1sc2ncn(C(C)C(=O)Nc3ccccc3C(F)(F)F)c(=O)c2c1C. The normalized spacial score (nSPS) is 13.0. The number of halogens is 3. The van der Waals surface area contributed by atoms with Gasteiger partial charge in [0.15, 0.2) is 0 Å². The van der Waals surface area contributed by atoms with Gasteiger partial charge in [-0.1, -0.05) is 12.1 Å². The van der Waals surface area contributed by atoms with Gasteiger partial charge in [0, 0.05) is 4.88 Å². The van der Waals surface area contributed by atoms with Crippen molar-refractivity contribution < 1.29 is 18.0 Å². The number of benzene rings is 1. The predicted molar refractivity (Wildman–Crippen MR) is 98.1 cm³/mol. The number of carbonyl (C=O) groups excluding carboxylic acids is 1. The number of thiophene rings is 1. The van der Waals surface area contributed by atoms with E-state index in [4.69, 9.17) is 0 Å². The van der Waals surface area contributed by atoms with Gasteiger partial charge < -0.3 is 5.32 Å². The second-order valence-corrected chi connectivity index (χ2v) is 7.33. The Morgan fingerprint density at radius 2 is 1.93 bits per heavy atom. The maximum Gasteiger partial charge on any atom is 0.418 e. The first-order valence-electron chi connectivity index (χ1n) is 8.05. The highest BCUT2D eigenvalue weighted by molar-refractivity contribution is 7.18. The van der Waals surface area contributed by atoms with Crippen molar-refractivity contribution in [1.82, 2.24) is 9.55 Å². The smallest absolute Gasteiger partial charge is 0.324 e. The fourth-order valence-electron chi connectivity index (χ4n) is 2.73. The molecular formula is C18H16F3N3O2S. The summed E-state index contributed by atoms with van der Waals surface area (Å²) in [6.45, 7) is 5.11. The van der Waals surface area contributed by atoms with Crippen molar-refractivity contribution in [2.75, 3.05) is 5.32 Å². The number of nitrogens with one attached hydrogen (secondary N) is 1. The topological polar surface area (TPSA) is 64.0 Å². The van der Waals surface area contributed by atoms with Crippen LogP contribution >= 0.6 is 11.3 Å². The summed E-state index contributed by atoms with van der Waals surface area (Å²) in [4.78, 5) is 31.0. The van der Waals surface area contributed by atoms with Crippen LogP contribution in [0.1, 0.15) is 29.0 Å². The van der Waals surface area contributed by atoms with E-state index >= 15 is 0 Å². The molecule has 1 unspecified atom stereocenters. The molecule has 0 saturated carbocycles. The molecule has 27 heavy (non-hydrogen) atoms. The number of para-hydroxylation sites is 1. The molecule has 0 spiro atoms. The third-order valence-corrected chi connectivity index (χ3v) is 5.52. The minimum atomic E-state index is -4.60. The molecule has 0 aliphatic carbocycles. The highest BCUT2D eigenvalue weighted by Crippen LogP contribution is 2.34. The standard InChI is InChI=1S/C18H16F3N3O2S/c1-9-11(3)27-16-14(9)17(26)24(8-22-16)10(2)15(25)23-13-7-5-4-6-12(13)18(19,20)21/h4-8,10H,1-3H3,(H,23,25). The van der Waals surface area contributed by atoms with E-state index in [9.17, 15) is 22.8 Å². The molecule has 142 valence electrons. The number of aromatic nitrogens is 2. The first kappa shape index (κ1) is 19.1. The van der Waals surface area contributed by atoms with Gasteiger partial charge in [0.1, 0.15) is 10.9 Å². The summed E-state index contributed by atoms with van der Waals surface area (Å²) in [6, 6.07) is 3.66. The van der Waals surface area contributed by atoms with E-state index in [1.165, 1.54) is 42.8 Å². The predicted octanol–water partition coefficient (Wildman–Crippen LogP) is 4.29. The maximum atomic E-state index is 13.1. The Morgan fingerprint density at radius 1 is 1.26 bits per heavy atom. The summed E-state index contributed by atoms with van der Waals surface area (Å²) < 4.78 is 40.4. The summed E-state index contributed by atoms with van der Waals surface area (Å²) in [6.07, 6.45) is -3.35. The fourth-order valence-corrected chi connectivity index (χ4v) is 3.71. The lowest BCUT2D eigenvalue weighted by Gasteiger charge is -2.17. The molecule has 2 heterocycles. The monoisotopic (exact) mass is 395 g/mol. The largest absolute Gasteiger partial charge is 0.418 e. The number of hydrogen-bond donors (Lipinski definition) is 1. The van der Waals surface area contributed by atoms with Crippen LogP contribution in [0.4, 0.5) is 18.9 Å². The van der Waals surface area contributed by atoms with Crippen molar-refractivity contribution in [3.8, 4) is 0 Å². The van der Waals surface area contributed by atoms with Crippen LogP contribution in [-0.2, 0) is 11.0 Å². The van der Waals surface area contributed by atoms with Crippen LogP contribution in [0.5, 0.6) is 0 Å². The van der Waals surface area contributed by atoms with Crippen molar-refractivity contribution in [2.24, 2.45) is 0 Å². The Kier molecular flexibility index (Phi) is 4.81. The summed E-state index contributed by atoms with van der Waals surface area (Å²) in [7, 11) is 0. The average Bonchev–Trinajstić information content (AvgIpc) is 2.89. The number of fused-ring (bicyclic) bond motifs is 1. The summed E-state index contributed by atoms with van der Waals surface area (Å²) >= 11 is 1.38. The molecule has 1 atom stereocenters. The lowest BCUT2D eigenvalue weighted by Crippen LogP contribution is -2.32. The average molecular weight is 395 g/mol. The van der Waals surface area contributed by atoms with E-state index in [0.29, 0.717) is 10.2 Å². The second-order valence-electron chi connectivity index (χ2n) is 6.13. The number of anilines is 1. The van der Waals surface area contributed by atoms with Crippen LogP contribution in [-0.4, -0.2) is 15.5 Å². The van der Waals surface area contributed by atoms with Crippen molar-refractivity contribution in [2.45, 2.75) is 33.0 Å². The summed E-state index contributed by atoms with van der Waals surface area (Å²) in [5, 5.41) is 2.69. The van der Waals surface area contributed by atoms with Gasteiger partial charge in [0.05, 0.1) is 23.0 Å². The van der Waals surface area contributed by atoms with Gasteiger partial charge in [-0.3, -0.25) is 14.2 Å². The molecule has 1 amide bonds. The van der Waals surface area contributed by atoms with E-state index in [-0.39, 0.29) is 5.69 Å². The number of alkyl halides is 3. The van der Waals surface area contributed by atoms with E-state index in [1.807, 2.05) is 6.92 Å². The quantitative estimate of drug-likeness (QED) is 0.719. The zero-order valence-corrected chi connectivity index (χ0v) is 15.5. The van der Waals surface area contributed by atoms with Crippen LogP contribution < -0.4 is 10.9 Å². The zero-order valence-electron chi connectivity index (χ0n) is 14.7. The molecule has 1 N–H and O–H groups in total. The fraction of sp³-hybridized carbons (Fsp3) is 0.278. The Morgan fingerprint density at radius 3 is 2.59 bits per heavy atom. The zero-order chi connectivity index (χ0) is 19.9. The van der Waals surface area contributed by atoms with Gasteiger partial charge >= 0.3 is 6.18 Å². The van der Waals surface area contributed by atoms with Crippen molar-refractivity contribution in [1.29, 1.82) is 0 Å². The van der Waals surface area contributed by atoms with Crippen molar-refractivity contribution in [3.05, 3.63) is 57.0 Å². The molecule has 5 nitrogen and oxygen atoms in total. The molecule has 2 aromatic heterocycles. The van der Waals surface area contributed by atoms with Gasteiger partial charge in [0.2, 0.25) is 5.91 Å². The Hall–Kier alpha value is -2.68.